The van der Waals surface area contributed by atoms with Crippen molar-refractivity contribution in [1.29, 1.82) is 0 Å². The predicted octanol–water partition coefficient (Wildman–Crippen LogP) is 1.39. The van der Waals surface area contributed by atoms with Crippen molar-refractivity contribution in [2.75, 3.05) is 26.2 Å². The molecule has 1 fully saturated rings. The number of halogens is 3. The third kappa shape index (κ3) is 4.91. The fourth-order valence-electron chi connectivity index (χ4n) is 1.98. The maximum atomic E-state index is 12.0. The molecule has 1 unspecified atom stereocenters. The quantitative estimate of drug-likeness (QED) is 0.833. The molecule has 2 rings (SSSR count). The Hall–Kier alpha value is -1.80. The van der Waals surface area contributed by atoms with Gasteiger partial charge in [-0.25, -0.2) is 0 Å². The fraction of sp³-hybridized carbons (Fsp3) is 0.462. The van der Waals surface area contributed by atoms with Gasteiger partial charge in [0.25, 0.3) is 0 Å². The van der Waals surface area contributed by atoms with Crippen LogP contribution < -0.4 is 14.8 Å². The minimum Gasteiger partial charge on any atom is -0.468 e. The molecule has 1 aliphatic rings. The van der Waals surface area contributed by atoms with Gasteiger partial charge < -0.3 is 14.8 Å². The summed E-state index contributed by atoms with van der Waals surface area (Å²) >= 11 is 0. The van der Waals surface area contributed by atoms with Crippen molar-refractivity contribution in [3.8, 4) is 11.5 Å². The van der Waals surface area contributed by atoms with E-state index in [1.54, 1.807) is 0 Å². The van der Waals surface area contributed by atoms with Crippen LogP contribution in [0.4, 0.5) is 13.2 Å². The summed E-state index contributed by atoms with van der Waals surface area (Å²) in [5.41, 5.74) is 0. The lowest BCUT2D eigenvalue weighted by Gasteiger charge is -2.31. The van der Waals surface area contributed by atoms with Gasteiger partial charge in [-0.1, -0.05) is 0 Å². The number of piperazine rings is 1. The lowest BCUT2D eigenvalue weighted by Crippen LogP contribution is -2.51. The Morgan fingerprint density at radius 1 is 1.14 bits per heavy atom. The molecule has 1 saturated heterocycles. The van der Waals surface area contributed by atoms with Gasteiger partial charge in [-0.05, 0) is 24.3 Å². The molecule has 21 heavy (non-hydrogen) atoms. The average Bonchev–Trinajstić information content (AvgIpc) is 2.46. The van der Waals surface area contributed by atoms with Crippen LogP contribution in [0.15, 0.2) is 24.3 Å². The van der Waals surface area contributed by atoms with E-state index in [0.717, 1.165) is 25.2 Å². The third-order valence-corrected chi connectivity index (χ3v) is 2.94. The molecule has 1 atom stereocenters. The molecule has 0 saturated carbocycles. The first-order valence-electron chi connectivity index (χ1n) is 6.40. The molecule has 0 spiro atoms. The first-order valence-corrected chi connectivity index (χ1v) is 6.40. The Morgan fingerprint density at radius 3 is 2.24 bits per heavy atom. The first kappa shape index (κ1) is 15.6. The van der Waals surface area contributed by atoms with Gasteiger partial charge in [0, 0.05) is 26.2 Å². The molecule has 0 aliphatic carbocycles. The minimum atomic E-state index is -4.73. The number of carbonyl (C=O) groups excluding carboxylic acids is 1. The number of hydrogen-bond donors (Lipinski definition) is 1. The van der Waals surface area contributed by atoms with Crippen LogP contribution in [0.25, 0.3) is 0 Å². The van der Waals surface area contributed by atoms with E-state index >= 15 is 0 Å². The number of carbonyl (C=O) groups is 1. The summed E-state index contributed by atoms with van der Waals surface area (Å²) in [6.07, 6.45) is -4.80. The number of alkyl halides is 3. The SMILES string of the molecule is O=CC(Oc1ccc(OC(F)(F)F)cc1)N1CCNCC1. The van der Waals surface area contributed by atoms with Crippen LogP contribution in [0, 0.1) is 0 Å². The molecular weight excluding hydrogens is 289 g/mol. The van der Waals surface area contributed by atoms with Crippen molar-refractivity contribution in [3.63, 3.8) is 0 Å². The molecule has 0 radical (unpaired) electrons. The summed E-state index contributed by atoms with van der Waals surface area (Å²) in [5.74, 6) is -0.0279. The third-order valence-electron chi connectivity index (χ3n) is 2.94. The molecule has 8 heteroatoms. The normalized spacial score (nSPS) is 18.0. The Labute approximate surface area is 119 Å². The van der Waals surface area contributed by atoms with E-state index in [2.05, 4.69) is 10.1 Å². The van der Waals surface area contributed by atoms with Gasteiger partial charge >= 0.3 is 6.36 Å². The minimum absolute atomic E-state index is 0.306. The number of rotatable bonds is 5. The van der Waals surface area contributed by atoms with Crippen molar-refractivity contribution in [3.05, 3.63) is 24.3 Å². The van der Waals surface area contributed by atoms with E-state index in [4.69, 9.17) is 4.74 Å². The number of aldehydes is 1. The average molecular weight is 304 g/mol. The van der Waals surface area contributed by atoms with Gasteiger partial charge in [0.1, 0.15) is 11.5 Å². The number of hydrogen-bond acceptors (Lipinski definition) is 5. The van der Waals surface area contributed by atoms with Crippen molar-refractivity contribution in [1.82, 2.24) is 10.2 Å². The van der Waals surface area contributed by atoms with E-state index in [0.29, 0.717) is 25.1 Å². The summed E-state index contributed by atoms with van der Waals surface area (Å²) < 4.78 is 45.4. The summed E-state index contributed by atoms with van der Waals surface area (Å²) in [4.78, 5) is 13.0. The number of nitrogens with one attached hydrogen (secondary N) is 1. The van der Waals surface area contributed by atoms with E-state index in [9.17, 15) is 18.0 Å². The molecule has 0 bridgehead atoms. The Kier molecular flexibility index (Phi) is 5.03. The van der Waals surface area contributed by atoms with E-state index in [-0.39, 0.29) is 5.75 Å². The number of ether oxygens (including phenoxy) is 2. The van der Waals surface area contributed by atoms with Gasteiger partial charge in [-0.15, -0.1) is 13.2 Å². The second-order valence-electron chi connectivity index (χ2n) is 4.45. The largest absolute Gasteiger partial charge is 0.573 e. The maximum absolute atomic E-state index is 12.0. The Morgan fingerprint density at radius 2 is 1.71 bits per heavy atom. The lowest BCUT2D eigenvalue weighted by molar-refractivity contribution is -0.274. The van der Waals surface area contributed by atoms with Crippen LogP contribution in [0.1, 0.15) is 0 Å². The maximum Gasteiger partial charge on any atom is 0.573 e. The second kappa shape index (κ2) is 6.77. The van der Waals surface area contributed by atoms with E-state index < -0.39 is 12.6 Å². The van der Waals surface area contributed by atoms with Crippen LogP contribution in [-0.4, -0.2) is 50.0 Å². The molecule has 5 nitrogen and oxygen atoms in total. The van der Waals surface area contributed by atoms with Crippen molar-refractivity contribution >= 4 is 6.29 Å². The Balaban J connectivity index is 1.96. The molecular formula is C13H15F3N2O3. The lowest BCUT2D eigenvalue weighted by atomic mass is 10.3. The zero-order valence-electron chi connectivity index (χ0n) is 11.1. The van der Waals surface area contributed by atoms with Gasteiger partial charge in [0.05, 0.1) is 0 Å². The van der Waals surface area contributed by atoms with Crippen LogP contribution in [0.3, 0.4) is 0 Å². The van der Waals surface area contributed by atoms with Gasteiger partial charge in [-0.2, -0.15) is 0 Å². The van der Waals surface area contributed by atoms with E-state index in [1.807, 2.05) is 4.90 Å². The zero-order valence-corrected chi connectivity index (χ0v) is 11.1. The highest BCUT2D eigenvalue weighted by molar-refractivity contribution is 5.56. The molecule has 1 aliphatic heterocycles. The molecule has 0 amide bonds. The monoisotopic (exact) mass is 304 g/mol. The number of nitrogens with zero attached hydrogens (tertiary/aromatic N) is 1. The van der Waals surface area contributed by atoms with E-state index in [1.165, 1.54) is 12.1 Å². The first-order chi connectivity index (χ1) is 9.98. The van der Waals surface area contributed by atoms with Gasteiger partial charge in [0.2, 0.25) is 6.23 Å². The van der Waals surface area contributed by atoms with Crippen molar-refractivity contribution < 1.29 is 27.4 Å². The summed E-state index contributed by atoms with van der Waals surface area (Å²) in [5, 5.41) is 3.15. The van der Waals surface area contributed by atoms with Crippen LogP contribution in [0.5, 0.6) is 11.5 Å². The number of benzene rings is 1. The standard InChI is InChI=1S/C13H15F3N2O3/c14-13(15,16)21-11-3-1-10(2-4-11)20-12(9-19)18-7-5-17-6-8-18/h1-4,9,12,17H,5-8H2. The highest BCUT2D eigenvalue weighted by Gasteiger charge is 2.31. The van der Waals surface area contributed by atoms with Crippen LogP contribution in [-0.2, 0) is 4.79 Å². The summed E-state index contributed by atoms with van der Waals surface area (Å²) in [6.45, 7) is 2.84. The second-order valence-corrected chi connectivity index (χ2v) is 4.45. The van der Waals surface area contributed by atoms with Gasteiger partial charge in [0.15, 0.2) is 6.29 Å². The Bertz CT molecular complexity index is 459. The molecule has 0 aromatic heterocycles. The van der Waals surface area contributed by atoms with Crippen LogP contribution >= 0.6 is 0 Å². The highest BCUT2D eigenvalue weighted by atomic mass is 19.4. The summed E-state index contributed by atoms with van der Waals surface area (Å²) in [6, 6.07) is 4.95. The van der Waals surface area contributed by atoms with Crippen molar-refractivity contribution in [2.45, 2.75) is 12.6 Å². The molecule has 1 heterocycles. The van der Waals surface area contributed by atoms with Crippen LogP contribution in [0.2, 0.25) is 0 Å². The summed E-state index contributed by atoms with van der Waals surface area (Å²) in [7, 11) is 0. The fourth-order valence-corrected chi connectivity index (χ4v) is 1.98. The predicted molar refractivity (Wildman–Crippen MR) is 68.0 cm³/mol. The molecule has 1 N–H and O–H groups in total. The zero-order chi connectivity index (χ0) is 15.3. The molecule has 1 aromatic rings. The van der Waals surface area contributed by atoms with Gasteiger partial charge in [-0.3, -0.25) is 9.69 Å². The topological polar surface area (TPSA) is 50.8 Å². The van der Waals surface area contributed by atoms with Crippen molar-refractivity contribution in [2.24, 2.45) is 0 Å². The molecule has 116 valence electrons. The molecule has 1 aromatic carbocycles. The smallest absolute Gasteiger partial charge is 0.468 e. The highest BCUT2D eigenvalue weighted by Crippen LogP contribution is 2.25.